The highest BCUT2D eigenvalue weighted by Crippen LogP contribution is 2.45. The largest absolute Gasteiger partial charge is 0.469 e. The summed E-state index contributed by atoms with van der Waals surface area (Å²) in [5.74, 6) is 1.81. The molecule has 0 saturated heterocycles. The smallest absolute Gasteiger partial charge is 0.236 e. The molecule has 2 aliphatic rings. The topological polar surface area (TPSA) is 55.1 Å². The van der Waals surface area contributed by atoms with Gasteiger partial charge in [0.1, 0.15) is 11.6 Å². The number of rotatable bonds is 0. The SMILES string of the molecule is O=C1Nc2ncccc2[C@]12CCc1occc1C2. The molecule has 90 valence electrons. The van der Waals surface area contributed by atoms with Crippen LogP contribution in [0.4, 0.5) is 5.82 Å². The summed E-state index contributed by atoms with van der Waals surface area (Å²) in [5.41, 5.74) is 1.73. The normalized spacial score (nSPS) is 24.8. The number of anilines is 1. The lowest BCUT2D eigenvalue weighted by Crippen LogP contribution is -2.39. The van der Waals surface area contributed by atoms with Crippen LogP contribution in [0.5, 0.6) is 0 Å². The van der Waals surface area contributed by atoms with Gasteiger partial charge in [0.25, 0.3) is 0 Å². The molecule has 1 atom stereocenters. The molecule has 1 aliphatic heterocycles. The monoisotopic (exact) mass is 240 g/mol. The first-order valence-corrected chi connectivity index (χ1v) is 6.12. The van der Waals surface area contributed by atoms with Crippen molar-refractivity contribution in [3.8, 4) is 0 Å². The molecule has 2 aromatic heterocycles. The van der Waals surface area contributed by atoms with Crippen LogP contribution in [-0.2, 0) is 23.1 Å². The third kappa shape index (κ3) is 1.10. The lowest BCUT2D eigenvalue weighted by molar-refractivity contribution is -0.121. The van der Waals surface area contributed by atoms with Crippen molar-refractivity contribution in [2.45, 2.75) is 24.7 Å². The first-order valence-electron chi connectivity index (χ1n) is 6.12. The van der Waals surface area contributed by atoms with E-state index in [1.54, 1.807) is 12.5 Å². The number of nitrogens with zero attached hydrogens (tertiary/aromatic N) is 1. The van der Waals surface area contributed by atoms with Gasteiger partial charge in [-0.1, -0.05) is 6.07 Å². The maximum atomic E-state index is 12.4. The van der Waals surface area contributed by atoms with Gasteiger partial charge in [-0.3, -0.25) is 4.79 Å². The molecule has 1 N–H and O–H groups in total. The van der Waals surface area contributed by atoms with Gasteiger partial charge in [-0.2, -0.15) is 0 Å². The Kier molecular flexibility index (Phi) is 1.77. The molecule has 2 aromatic rings. The number of aryl methyl sites for hydroxylation is 1. The first kappa shape index (κ1) is 9.88. The highest BCUT2D eigenvalue weighted by Gasteiger charge is 2.49. The molecule has 1 aliphatic carbocycles. The summed E-state index contributed by atoms with van der Waals surface area (Å²) < 4.78 is 5.43. The van der Waals surface area contributed by atoms with E-state index >= 15 is 0 Å². The second-order valence-corrected chi connectivity index (χ2v) is 4.98. The summed E-state index contributed by atoms with van der Waals surface area (Å²) in [5, 5.41) is 2.90. The number of furan rings is 1. The Bertz CT molecular complexity index is 647. The number of aromatic nitrogens is 1. The Hall–Kier alpha value is -2.10. The van der Waals surface area contributed by atoms with Crippen molar-refractivity contribution in [2.75, 3.05) is 5.32 Å². The molecule has 4 nitrogen and oxygen atoms in total. The predicted molar refractivity (Wildman–Crippen MR) is 65.3 cm³/mol. The van der Waals surface area contributed by atoms with E-state index in [1.165, 1.54) is 0 Å². The Labute approximate surface area is 104 Å². The standard InChI is InChI=1S/C14H12N2O2/c17-13-14(10-2-1-6-15-12(10)16-13)5-3-11-9(8-14)4-7-18-11/h1-2,4,6-7H,3,5,8H2,(H,15,16,17)/t14-/m1/s1. The number of carbonyl (C=O) groups excluding carboxylic acids is 1. The molecule has 3 heterocycles. The average molecular weight is 240 g/mol. The molecule has 18 heavy (non-hydrogen) atoms. The van der Waals surface area contributed by atoms with E-state index in [1.807, 2.05) is 18.2 Å². The van der Waals surface area contributed by atoms with Gasteiger partial charge < -0.3 is 9.73 Å². The number of fused-ring (bicyclic) bond motifs is 3. The Morgan fingerprint density at radius 2 is 2.33 bits per heavy atom. The van der Waals surface area contributed by atoms with Crippen molar-refractivity contribution in [1.82, 2.24) is 4.98 Å². The third-order valence-corrected chi connectivity index (χ3v) is 4.10. The van der Waals surface area contributed by atoms with Crippen LogP contribution in [0.1, 0.15) is 23.3 Å². The van der Waals surface area contributed by atoms with E-state index in [2.05, 4.69) is 10.3 Å². The summed E-state index contributed by atoms with van der Waals surface area (Å²) in [7, 11) is 0. The van der Waals surface area contributed by atoms with Crippen molar-refractivity contribution >= 4 is 11.7 Å². The number of amides is 1. The minimum Gasteiger partial charge on any atom is -0.469 e. The minimum atomic E-state index is -0.444. The van der Waals surface area contributed by atoms with Crippen LogP contribution < -0.4 is 5.32 Å². The van der Waals surface area contributed by atoms with Gasteiger partial charge in [0.05, 0.1) is 11.7 Å². The summed E-state index contributed by atoms with van der Waals surface area (Å²) in [4.78, 5) is 16.6. The van der Waals surface area contributed by atoms with Crippen LogP contribution in [-0.4, -0.2) is 10.9 Å². The minimum absolute atomic E-state index is 0.0723. The Balaban J connectivity index is 1.88. The Morgan fingerprint density at radius 3 is 3.28 bits per heavy atom. The van der Waals surface area contributed by atoms with Gasteiger partial charge in [0, 0.05) is 18.2 Å². The van der Waals surface area contributed by atoms with Crippen LogP contribution in [0.25, 0.3) is 0 Å². The predicted octanol–water partition coefficient (Wildman–Crippen LogP) is 2.05. The summed E-state index contributed by atoms with van der Waals surface area (Å²) >= 11 is 0. The number of carbonyl (C=O) groups is 1. The molecule has 0 bridgehead atoms. The van der Waals surface area contributed by atoms with Crippen LogP contribution in [0.15, 0.2) is 35.1 Å². The Morgan fingerprint density at radius 1 is 1.39 bits per heavy atom. The lowest BCUT2D eigenvalue weighted by Gasteiger charge is -2.30. The van der Waals surface area contributed by atoms with Crippen LogP contribution >= 0.6 is 0 Å². The van der Waals surface area contributed by atoms with E-state index in [0.29, 0.717) is 6.42 Å². The van der Waals surface area contributed by atoms with Crippen molar-refractivity contribution in [2.24, 2.45) is 0 Å². The maximum absolute atomic E-state index is 12.4. The van der Waals surface area contributed by atoms with Gasteiger partial charge in [-0.15, -0.1) is 0 Å². The molecular formula is C14H12N2O2. The van der Waals surface area contributed by atoms with E-state index in [-0.39, 0.29) is 5.91 Å². The molecule has 0 saturated carbocycles. The third-order valence-electron chi connectivity index (χ3n) is 4.10. The fourth-order valence-corrected chi connectivity index (χ4v) is 3.15. The first-order chi connectivity index (χ1) is 8.79. The van der Waals surface area contributed by atoms with Gasteiger partial charge in [-0.05, 0) is 30.5 Å². The second-order valence-electron chi connectivity index (χ2n) is 4.98. The average Bonchev–Trinajstić information content (AvgIpc) is 2.95. The van der Waals surface area contributed by atoms with Crippen molar-refractivity contribution in [3.05, 3.63) is 47.5 Å². The van der Waals surface area contributed by atoms with Gasteiger partial charge in [0.15, 0.2) is 0 Å². The number of hydrogen-bond acceptors (Lipinski definition) is 3. The van der Waals surface area contributed by atoms with Crippen molar-refractivity contribution in [1.29, 1.82) is 0 Å². The number of hydrogen-bond donors (Lipinski definition) is 1. The highest BCUT2D eigenvalue weighted by molar-refractivity contribution is 6.05. The second kappa shape index (κ2) is 3.22. The number of pyridine rings is 1. The highest BCUT2D eigenvalue weighted by atomic mass is 16.3. The van der Waals surface area contributed by atoms with E-state index in [0.717, 1.165) is 35.5 Å². The van der Waals surface area contributed by atoms with Crippen molar-refractivity contribution in [3.63, 3.8) is 0 Å². The summed E-state index contributed by atoms with van der Waals surface area (Å²) in [6.07, 6.45) is 5.73. The molecule has 4 rings (SSSR count). The molecule has 0 radical (unpaired) electrons. The summed E-state index contributed by atoms with van der Waals surface area (Å²) in [6, 6.07) is 5.87. The van der Waals surface area contributed by atoms with E-state index < -0.39 is 5.41 Å². The molecule has 1 amide bonds. The van der Waals surface area contributed by atoms with Gasteiger partial charge in [-0.25, -0.2) is 4.98 Å². The van der Waals surface area contributed by atoms with E-state index in [9.17, 15) is 4.79 Å². The van der Waals surface area contributed by atoms with E-state index in [4.69, 9.17) is 4.42 Å². The van der Waals surface area contributed by atoms with Crippen molar-refractivity contribution < 1.29 is 9.21 Å². The fraction of sp³-hybridized carbons (Fsp3) is 0.286. The molecule has 0 aromatic carbocycles. The summed E-state index contributed by atoms with van der Waals surface area (Å²) in [6.45, 7) is 0. The maximum Gasteiger partial charge on any atom is 0.236 e. The quantitative estimate of drug-likeness (QED) is 0.766. The van der Waals surface area contributed by atoms with Crippen LogP contribution in [0, 0.1) is 0 Å². The zero-order valence-electron chi connectivity index (χ0n) is 9.77. The number of nitrogens with one attached hydrogen (secondary N) is 1. The van der Waals surface area contributed by atoms with Gasteiger partial charge in [0.2, 0.25) is 5.91 Å². The fourth-order valence-electron chi connectivity index (χ4n) is 3.15. The molecule has 1 spiro atoms. The molecule has 0 fully saturated rings. The molecule has 4 heteroatoms. The zero-order valence-corrected chi connectivity index (χ0v) is 9.77. The molecular weight excluding hydrogens is 228 g/mol. The zero-order chi connectivity index (χ0) is 12.2. The van der Waals surface area contributed by atoms with Crippen LogP contribution in [0.2, 0.25) is 0 Å². The van der Waals surface area contributed by atoms with Crippen LogP contribution in [0.3, 0.4) is 0 Å². The molecule has 0 unspecified atom stereocenters. The van der Waals surface area contributed by atoms with Gasteiger partial charge >= 0.3 is 0 Å². The lowest BCUT2D eigenvalue weighted by atomic mass is 9.70.